The van der Waals surface area contributed by atoms with Crippen LogP contribution in [-0.2, 0) is 14.8 Å². The second kappa shape index (κ2) is 6.22. The highest BCUT2D eigenvalue weighted by molar-refractivity contribution is 9.10. The van der Waals surface area contributed by atoms with Crippen LogP contribution >= 0.6 is 15.9 Å². The van der Waals surface area contributed by atoms with Crippen molar-refractivity contribution < 1.29 is 13.2 Å². The zero-order valence-corrected chi connectivity index (χ0v) is 11.3. The van der Waals surface area contributed by atoms with Crippen molar-refractivity contribution in [2.45, 2.75) is 6.92 Å². The lowest BCUT2D eigenvalue weighted by molar-refractivity contribution is 0.163. The molecule has 1 rings (SSSR count). The highest BCUT2D eigenvalue weighted by atomic mass is 79.9. The molecule has 0 aliphatic rings. The van der Waals surface area contributed by atoms with Gasteiger partial charge in [-0.15, -0.1) is 0 Å². The van der Waals surface area contributed by atoms with Crippen molar-refractivity contribution in [1.29, 1.82) is 0 Å². The molecule has 6 heteroatoms. The Balaban J connectivity index is 2.55. The molecule has 0 atom stereocenters. The molecule has 1 N–H and O–H groups in total. The summed E-state index contributed by atoms with van der Waals surface area (Å²) in [7, 11) is -3.31. The number of hydrogen-bond donors (Lipinski definition) is 1. The van der Waals surface area contributed by atoms with E-state index in [1.54, 1.807) is 24.3 Å². The quantitative estimate of drug-likeness (QED) is 0.820. The monoisotopic (exact) mass is 307 g/mol. The topological polar surface area (TPSA) is 55.4 Å². The number of ether oxygens (including phenoxy) is 1. The number of halogens is 1. The van der Waals surface area contributed by atoms with Gasteiger partial charge in [0.25, 0.3) is 0 Å². The SMILES string of the molecule is CCOCCS(=O)(=O)Nc1ccc(Br)cc1. The van der Waals surface area contributed by atoms with Gasteiger partial charge >= 0.3 is 0 Å². The van der Waals surface area contributed by atoms with Crippen molar-refractivity contribution in [2.24, 2.45) is 0 Å². The van der Waals surface area contributed by atoms with Crippen LogP contribution in [-0.4, -0.2) is 27.4 Å². The van der Waals surface area contributed by atoms with E-state index in [1.807, 2.05) is 6.92 Å². The van der Waals surface area contributed by atoms with E-state index in [1.165, 1.54) is 0 Å². The fourth-order valence-electron chi connectivity index (χ4n) is 1.06. The third kappa shape index (κ3) is 4.96. The Morgan fingerprint density at radius 1 is 1.31 bits per heavy atom. The van der Waals surface area contributed by atoms with Crippen LogP contribution in [0.2, 0.25) is 0 Å². The Morgan fingerprint density at radius 2 is 1.94 bits per heavy atom. The first-order chi connectivity index (χ1) is 7.53. The van der Waals surface area contributed by atoms with Gasteiger partial charge in [-0.2, -0.15) is 0 Å². The highest BCUT2D eigenvalue weighted by Crippen LogP contribution is 2.15. The van der Waals surface area contributed by atoms with Crippen LogP contribution in [0.4, 0.5) is 5.69 Å². The maximum atomic E-state index is 11.6. The van der Waals surface area contributed by atoms with Crippen LogP contribution in [0.1, 0.15) is 6.92 Å². The van der Waals surface area contributed by atoms with Crippen molar-refractivity contribution in [3.63, 3.8) is 0 Å². The van der Waals surface area contributed by atoms with Crippen LogP contribution in [0.5, 0.6) is 0 Å². The van der Waals surface area contributed by atoms with Gasteiger partial charge in [0.2, 0.25) is 10.0 Å². The first kappa shape index (κ1) is 13.5. The maximum absolute atomic E-state index is 11.6. The molecule has 1 aromatic carbocycles. The molecule has 0 saturated carbocycles. The van der Waals surface area contributed by atoms with Crippen molar-refractivity contribution in [3.05, 3.63) is 28.7 Å². The minimum Gasteiger partial charge on any atom is -0.381 e. The van der Waals surface area contributed by atoms with Crippen LogP contribution in [0.25, 0.3) is 0 Å². The summed E-state index contributed by atoms with van der Waals surface area (Å²) in [5, 5.41) is 0. The van der Waals surface area contributed by atoms with Crippen molar-refractivity contribution in [1.82, 2.24) is 0 Å². The molecule has 0 saturated heterocycles. The first-order valence-corrected chi connectivity index (χ1v) is 7.32. The summed E-state index contributed by atoms with van der Waals surface area (Å²) in [6, 6.07) is 6.95. The van der Waals surface area contributed by atoms with Gasteiger partial charge in [0.1, 0.15) is 0 Å². The molecular weight excluding hydrogens is 294 g/mol. The Hall–Kier alpha value is -0.590. The summed E-state index contributed by atoms with van der Waals surface area (Å²) in [5.41, 5.74) is 0.555. The number of benzene rings is 1. The van der Waals surface area contributed by atoms with Crippen LogP contribution < -0.4 is 4.72 Å². The predicted octanol–water partition coefficient (Wildman–Crippen LogP) is 2.23. The normalized spacial score (nSPS) is 11.4. The van der Waals surface area contributed by atoms with Gasteiger partial charge in [-0.25, -0.2) is 8.42 Å². The van der Waals surface area contributed by atoms with E-state index >= 15 is 0 Å². The van der Waals surface area contributed by atoms with Crippen molar-refractivity contribution in [2.75, 3.05) is 23.7 Å². The van der Waals surface area contributed by atoms with E-state index in [9.17, 15) is 8.42 Å². The number of nitrogens with one attached hydrogen (secondary N) is 1. The molecule has 0 bridgehead atoms. The molecule has 0 heterocycles. The zero-order valence-electron chi connectivity index (χ0n) is 8.94. The fraction of sp³-hybridized carbons (Fsp3) is 0.400. The standard InChI is InChI=1S/C10H14BrNO3S/c1-2-15-7-8-16(13,14)12-10-5-3-9(11)4-6-10/h3-6,12H,2,7-8H2,1H3. The molecule has 90 valence electrons. The van der Waals surface area contributed by atoms with E-state index in [0.29, 0.717) is 12.3 Å². The molecule has 0 aliphatic carbocycles. The molecule has 0 spiro atoms. The molecule has 4 nitrogen and oxygen atoms in total. The van der Waals surface area contributed by atoms with Gasteiger partial charge in [0, 0.05) is 16.8 Å². The maximum Gasteiger partial charge on any atom is 0.234 e. The van der Waals surface area contributed by atoms with Gasteiger partial charge in [-0.05, 0) is 31.2 Å². The second-order valence-electron chi connectivity index (χ2n) is 3.12. The lowest BCUT2D eigenvalue weighted by Gasteiger charge is -2.07. The zero-order chi connectivity index (χ0) is 12.0. The van der Waals surface area contributed by atoms with Crippen LogP contribution in [0.15, 0.2) is 28.7 Å². The molecule has 1 aromatic rings. The number of anilines is 1. The summed E-state index contributed by atoms with van der Waals surface area (Å²) < 4.78 is 31.5. The molecule has 0 aromatic heterocycles. The van der Waals surface area contributed by atoms with Gasteiger partial charge in [-0.1, -0.05) is 15.9 Å². The summed E-state index contributed by atoms with van der Waals surface area (Å²) in [4.78, 5) is 0. The smallest absolute Gasteiger partial charge is 0.234 e. The average Bonchev–Trinajstić information content (AvgIpc) is 2.21. The largest absolute Gasteiger partial charge is 0.381 e. The van der Waals surface area contributed by atoms with E-state index in [0.717, 1.165) is 4.47 Å². The lowest BCUT2D eigenvalue weighted by atomic mass is 10.3. The Kier molecular flexibility index (Phi) is 5.24. The third-order valence-electron chi connectivity index (χ3n) is 1.82. The number of sulfonamides is 1. The van der Waals surface area contributed by atoms with E-state index in [4.69, 9.17) is 4.74 Å². The van der Waals surface area contributed by atoms with Gasteiger partial charge < -0.3 is 4.74 Å². The fourth-order valence-corrected chi connectivity index (χ4v) is 2.26. The highest BCUT2D eigenvalue weighted by Gasteiger charge is 2.09. The molecule has 0 aliphatic heterocycles. The van der Waals surface area contributed by atoms with Crippen molar-refractivity contribution >= 4 is 31.6 Å². The summed E-state index contributed by atoms with van der Waals surface area (Å²) in [6.07, 6.45) is 0. The van der Waals surface area contributed by atoms with Crippen molar-refractivity contribution in [3.8, 4) is 0 Å². The van der Waals surface area contributed by atoms with Gasteiger partial charge in [0.05, 0.1) is 12.4 Å². The molecule has 0 fully saturated rings. The number of hydrogen-bond acceptors (Lipinski definition) is 3. The summed E-state index contributed by atoms with van der Waals surface area (Å²) in [5.74, 6) is -0.0308. The minimum absolute atomic E-state index is 0.0308. The summed E-state index contributed by atoms with van der Waals surface area (Å²) in [6.45, 7) is 2.56. The third-order valence-corrected chi connectivity index (χ3v) is 3.60. The second-order valence-corrected chi connectivity index (χ2v) is 5.88. The number of rotatable bonds is 6. The molecular formula is C10H14BrNO3S. The molecule has 0 amide bonds. The average molecular weight is 308 g/mol. The van der Waals surface area contributed by atoms with E-state index in [-0.39, 0.29) is 12.4 Å². The van der Waals surface area contributed by atoms with Gasteiger partial charge in [0.15, 0.2) is 0 Å². The lowest BCUT2D eigenvalue weighted by Crippen LogP contribution is -2.20. The minimum atomic E-state index is -3.31. The van der Waals surface area contributed by atoms with Gasteiger partial charge in [-0.3, -0.25) is 4.72 Å². The summed E-state index contributed by atoms with van der Waals surface area (Å²) >= 11 is 3.28. The Morgan fingerprint density at radius 3 is 2.50 bits per heavy atom. The van der Waals surface area contributed by atoms with Crippen LogP contribution in [0, 0.1) is 0 Å². The molecule has 0 radical (unpaired) electrons. The first-order valence-electron chi connectivity index (χ1n) is 4.87. The van der Waals surface area contributed by atoms with E-state index < -0.39 is 10.0 Å². The molecule has 16 heavy (non-hydrogen) atoms. The van der Waals surface area contributed by atoms with Crippen LogP contribution in [0.3, 0.4) is 0 Å². The predicted molar refractivity (Wildman–Crippen MR) is 68.0 cm³/mol. The Bertz CT molecular complexity index is 416. The van der Waals surface area contributed by atoms with E-state index in [2.05, 4.69) is 20.7 Å². The molecule has 0 unspecified atom stereocenters. The Labute approximate surface area is 104 Å².